The minimum Gasteiger partial charge on any atom is -0.450 e. The fourth-order valence-electron chi connectivity index (χ4n) is 3.30. The molecule has 1 aliphatic rings. The van der Waals surface area contributed by atoms with Crippen molar-refractivity contribution in [3.05, 3.63) is 71.3 Å². The number of carbonyl (C=O) groups is 1. The van der Waals surface area contributed by atoms with E-state index in [1.807, 2.05) is 0 Å². The predicted molar refractivity (Wildman–Crippen MR) is 107 cm³/mol. The van der Waals surface area contributed by atoms with Crippen molar-refractivity contribution >= 4 is 6.16 Å². The van der Waals surface area contributed by atoms with Crippen LogP contribution in [0.25, 0.3) is 0 Å². The van der Waals surface area contributed by atoms with Gasteiger partial charge in [0.15, 0.2) is 0 Å². The molecule has 2 aromatic rings. The van der Waals surface area contributed by atoms with Gasteiger partial charge in [-0.15, -0.1) is 0 Å². The van der Waals surface area contributed by atoms with Crippen molar-refractivity contribution in [3.63, 3.8) is 0 Å². The average molecular weight is 370 g/mol. The number of unbranched alkanes of at least 4 members (excludes halogenated alkanes) is 5. The van der Waals surface area contributed by atoms with Gasteiger partial charge in [0.2, 0.25) is 0 Å². The summed E-state index contributed by atoms with van der Waals surface area (Å²) in [5.74, 6) is 0. The molecule has 0 aromatic heterocycles. The van der Waals surface area contributed by atoms with Crippen LogP contribution in [0.5, 0.6) is 0 Å². The first-order valence-electron chi connectivity index (χ1n) is 9.82. The summed E-state index contributed by atoms with van der Waals surface area (Å²) < 4.78 is 5.44. The highest BCUT2D eigenvalue weighted by atomic mass is 16.6. The Morgan fingerprint density at radius 3 is 1.96 bits per heavy atom. The highest BCUT2D eigenvalue weighted by Gasteiger charge is 2.26. The third-order valence-corrected chi connectivity index (χ3v) is 4.74. The molecule has 4 nitrogen and oxygen atoms in total. The molecule has 0 aliphatic carbocycles. The van der Waals surface area contributed by atoms with Gasteiger partial charge in [-0.3, -0.25) is 0 Å². The van der Waals surface area contributed by atoms with E-state index in [9.17, 15) is 0 Å². The van der Waals surface area contributed by atoms with Crippen LogP contribution in [-0.2, 0) is 17.6 Å². The second kappa shape index (κ2) is 12.1. The molecule has 1 atom stereocenters. The van der Waals surface area contributed by atoms with Crippen LogP contribution in [0.3, 0.4) is 0 Å². The van der Waals surface area contributed by atoms with Crippen molar-refractivity contribution in [2.45, 2.75) is 57.5 Å². The summed E-state index contributed by atoms with van der Waals surface area (Å²) >= 11 is 0. The number of ether oxygens (including phenoxy) is 1. The SMILES string of the molecule is O=C(O)O.c1ccc(CCCCCCCCc2ccccc2C2CO2)cc1. The van der Waals surface area contributed by atoms with Crippen molar-refractivity contribution < 1.29 is 19.7 Å². The Balaban J connectivity index is 0.000000596. The minimum absolute atomic E-state index is 0.393. The lowest BCUT2D eigenvalue weighted by atomic mass is 9.98. The molecule has 0 spiro atoms. The zero-order valence-corrected chi connectivity index (χ0v) is 15.8. The van der Waals surface area contributed by atoms with Gasteiger partial charge in [-0.1, -0.05) is 80.3 Å². The van der Waals surface area contributed by atoms with Crippen LogP contribution < -0.4 is 0 Å². The lowest BCUT2D eigenvalue weighted by Crippen LogP contribution is -1.93. The van der Waals surface area contributed by atoms with Crippen LogP contribution >= 0.6 is 0 Å². The lowest BCUT2D eigenvalue weighted by molar-refractivity contribution is 0.137. The molecule has 1 unspecified atom stereocenters. The van der Waals surface area contributed by atoms with Gasteiger partial charge < -0.3 is 14.9 Å². The molecule has 3 rings (SSSR count). The zero-order valence-electron chi connectivity index (χ0n) is 15.8. The largest absolute Gasteiger partial charge is 0.503 e. The van der Waals surface area contributed by atoms with E-state index in [-0.39, 0.29) is 0 Å². The van der Waals surface area contributed by atoms with E-state index in [1.165, 1.54) is 68.1 Å². The molecular weight excluding hydrogens is 340 g/mol. The molecule has 0 amide bonds. The Hall–Kier alpha value is -2.33. The summed E-state index contributed by atoms with van der Waals surface area (Å²) in [6.07, 6.45) is 9.09. The van der Waals surface area contributed by atoms with Crippen LogP contribution in [0.15, 0.2) is 54.6 Å². The number of epoxide rings is 1. The van der Waals surface area contributed by atoms with Crippen molar-refractivity contribution in [1.29, 1.82) is 0 Å². The summed E-state index contributed by atoms with van der Waals surface area (Å²) in [6.45, 7) is 0.915. The number of carboxylic acid groups (broad SMARTS) is 2. The number of hydrogen-bond acceptors (Lipinski definition) is 2. The monoisotopic (exact) mass is 370 g/mol. The topological polar surface area (TPSA) is 70.1 Å². The Bertz CT molecular complexity index is 661. The molecule has 1 heterocycles. The lowest BCUT2D eigenvalue weighted by Gasteiger charge is -2.07. The minimum atomic E-state index is -1.83. The molecule has 2 aromatic carbocycles. The Morgan fingerprint density at radius 2 is 1.33 bits per heavy atom. The summed E-state index contributed by atoms with van der Waals surface area (Å²) in [5, 5.41) is 13.9. The molecule has 4 heteroatoms. The molecule has 0 radical (unpaired) electrons. The van der Waals surface area contributed by atoms with Gasteiger partial charge in [-0.05, 0) is 42.4 Å². The molecule has 1 saturated heterocycles. The predicted octanol–water partition coefficient (Wildman–Crippen LogP) is 6.11. The van der Waals surface area contributed by atoms with Gasteiger partial charge in [0.1, 0.15) is 6.10 Å². The van der Waals surface area contributed by atoms with Crippen LogP contribution in [0, 0.1) is 0 Å². The molecule has 1 fully saturated rings. The summed E-state index contributed by atoms with van der Waals surface area (Å²) in [7, 11) is 0. The van der Waals surface area contributed by atoms with Gasteiger partial charge in [0.05, 0.1) is 6.61 Å². The van der Waals surface area contributed by atoms with Crippen molar-refractivity contribution in [2.75, 3.05) is 6.61 Å². The van der Waals surface area contributed by atoms with Crippen LogP contribution in [0.4, 0.5) is 4.79 Å². The maximum atomic E-state index is 8.56. The van der Waals surface area contributed by atoms with Gasteiger partial charge >= 0.3 is 6.16 Å². The van der Waals surface area contributed by atoms with Crippen molar-refractivity contribution in [2.24, 2.45) is 0 Å². The number of aryl methyl sites for hydroxylation is 2. The number of rotatable bonds is 10. The highest BCUT2D eigenvalue weighted by molar-refractivity contribution is 5.53. The van der Waals surface area contributed by atoms with E-state index in [4.69, 9.17) is 19.7 Å². The van der Waals surface area contributed by atoms with E-state index < -0.39 is 6.16 Å². The fourth-order valence-corrected chi connectivity index (χ4v) is 3.30. The van der Waals surface area contributed by atoms with Gasteiger partial charge in [0.25, 0.3) is 0 Å². The molecule has 0 saturated carbocycles. The maximum Gasteiger partial charge on any atom is 0.503 e. The van der Waals surface area contributed by atoms with Gasteiger partial charge in [0, 0.05) is 0 Å². The molecule has 146 valence electrons. The maximum absolute atomic E-state index is 8.56. The summed E-state index contributed by atoms with van der Waals surface area (Å²) in [4.78, 5) is 8.56. The van der Waals surface area contributed by atoms with Gasteiger partial charge in [-0.2, -0.15) is 0 Å². The quantitative estimate of drug-likeness (QED) is 0.391. The standard InChI is InChI=1S/C22H28O.CH2O3/c1(3-6-12-19-13-7-5-8-14-19)2-4-9-15-20-16-10-11-17-21(20)22-18-23-22;2-1(3)4/h5,7-8,10-11,13-14,16-17,22H,1-4,6,9,12,15,18H2;(H2,2,3,4). The molecule has 0 bridgehead atoms. The number of benzene rings is 2. The Morgan fingerprint density at radius 1 is 0.815 bits per heavy atom. The first-order chi connectivity index (χ1) is 13.2. The first kappa shape index (κ1) is 21.0. The second-order valence-electron chi connectivity index (χ2n) is 6.91. The molecule has 27 heavy (non-hydrogen) atoms. The number of hydrogen-bond donors (Lipinski definition) is 2. The smallest absolute Gasteiger partial charge is 0.450 e. The third kappa shape index (κ3) is 9.25. The van der Waals surface area contributed by atoms with Crippen molar-refractivity contribution in [3.8, 4) is 0 Å². The van der Waals surface area contributed by atoms with E-state index >= 15 is 0 Å². The Labute approximate surface area is 161 Å². The second-order valence-corrected chi connectivity index (χ2v) is 6.91. The van der Waals surface area contributed by atoms with Crippen LogP contribution in [0.2, 0.25) is 0 Å². The van der Waals surface area contributed by atoms with Crippen LogP contribution in [0.1, 0.15) is 61.3 Å². The summed E-state index contributed by atoms with van der Waals surface area (Å²) in [6, 6.07) is 19.6. The highest BCUT2D eigenvalue weighted by Crippen LogP contribution is 2.32. The Kier molecular flexibility index (Phi) is 9.42. The van der Waals surface area contributed by atoms with Gasteiger partial charge in [-0.25, -0.2) is 4.79 Å². The van der Waals surface area contributed by atoms with E-state index in [1.54, 1.807) is 0 Å². The molecular formula is C23H30O4. The first-order valence-corrected chi connectivity index (χ1v) is 9.82. The molecule has 1 aliphatic heterocycles. The fraction of sp³-hybridized carbons (Fsp3) is 0.435. The van der Waals surface area contributed by atoms with E-state index in [0.717, 1.165) is 6.61 Å². The average Bonchev–Trinajstić information content (AvgIpc) is 3.50. The van der Waals surface area contributed by atoms with E-state index in [0.29, 0.717) is 6.10 Å². The normalized spacial score (nSPS) is 14.9. The summed E-state index contributed by atoms with van der Waals surface area (Å²) in [5.41, 5.74) is 4.40. The zero-order chi connectivity index (χ0) is 19.3. The van der Waals surface area contributed by atoms with E-state index in [2.05, 4.69) is 54.6 Å². The van der Waals surface area contributed by atoms with Crippen molar-refractivity contribution in [1.82, 2.24) is 0 Å². The van der Waals surface area contributed by atoms with Crippen LogP contribution in [-0.4, -0.2) is 23.0 Å². The molecule has 2 N–H and O–H groups in total. The third-order valence-electron chi connectivity index (χ3n) is 4.74.